The molecule has 0 radical (unpaired) electrons. The third kappa shape index (κ3) is 4.32. The number of halogens is 1. The molecule has 1 heterocycles. The highest BCUT2D eigenvalue weighted by Crippen LogP contribution is 2.08. The number of hydrogen-bond acceptors (Lipinski definition) is 2. The highest BCUT2D eigenvalue weighted by Gasteiger charge is 2.21. The third-order valence-corrected chi connectivity index (χ3v) is 1.62. The predicted molar refractivity (Wildman–Crippen MR) is 46.6 cm³/mol. The van der Waals surface area contributed by atoms with E-state index in [0.29, 0.717) is 19.0 Å². The molecule has 0 aromatic carbocycles. The van der Waals surface area contributed by atoms with E-state index in [4.69, 9.17) is 0 Å². The number of rotatable bonds is 2. The Kier molecular flexibility index (Phi) is 6.46. The van der Waals surface area contributed by atoms with Crippen molar-refractivity contribution in [3.63, 3.8) is 0 Å². The summed E-state index contributed by atoms with van der Waals surface area (Å²) >= 11 is 0. The maximum absolute atomic E-state index is 12.4. The molecule has 1 rings (SSSR count). The lowest BCUT2D eigenvalue weighted by atomic mass is 10.2. The summed E-state index contributed by atoms with van der Waals surface area (Å²) < 4.78 is 12.4. The van der Waals surface area contributed by atoms with Gasteiger partial charge in [-0.25, -0.2) is 4.39 Å². The van der Waals surface area contributed by atoms with E-state index < -0.39 is 6.17 Å². The highest BCUT2D eigenvalue weighted by atomic mass is 19.1. The normalized spacial score (nSPS) is 29.5. The van der Waals surface area contributed by atoms with E-state index in [9.17, 15) is 4.39 Å². The van der Waals surface area contributed by atoms with Gasteiger partial charge in [-0.15, -0.1) is 0 Å². The van der Waals surface area contributed by atoms with E-state index in [-0.39, 0.29) is 0 Å². The van der Waals surface area contributed by atoms with Crippen LogP contribution in [-0.4, -0.2) is 32.4 Å². The van der Waals surface area contributed by atoms with Crippen molar-refractivity contribution >= 4 is 0 Å². The largest absolute Gasteiger partial charge is 0.318 e. The molecule has 2 N–H and O–H groups in total. The van der Waals surface area contributed by atoms with Crippen LogP contribution >= 0.6 is 0 Å². The summed E-state index contributed by atoms with van der Waals surface area (Å²) in [5, 5.41) is 6.07. The van der Waals surface area contributed by atoms with Crippen LogP contribution in [0.4, 0.5) is 4.39 Å². The van der Waals surface area contributed by atoms with Crippen LogP contribution in [0.15, 0.2) is 0 Å². The molecule has 0 bridgehead atoms. The van der Waals surface area contributed by atoms with Crippen LogP contribution in [0.25, 0.3) is 0 Å². The van der Waals surface area contributed by atoms with Gasteiger partial charge >= 0.3 is 0 Å². The van der Waals surface area contributed by atoms with Crippen molar-refractivity contribution in [3.8, 4) is 0 Å². The van der Waals surface area contributed by atoms with E-state index in [2.05, 4.69) is 10.6 Å². The number of hydrogen-bond donors (Lipinski definition) is 2. The summed E-state index contributed by atoms with van der Waals surface area (Å²) in [5.74, 6) is 0. The van der Waals surface area contributed by atoms with Gasteiger partial charge in [-0.1, -0.05) is 13.8 Å². The Balaban J connectivity index is 0.000000461. The third-order valence-electron chi connectivity index (χ3n) is 1.62. The predicted octanol–water partition coefficient (Wildman–Crippen LogP) is 0.932. The van der Waals surface area contributed by atoms with Crippen molar-refractivity contribution in [1.29, 1.82) is 0 Å². The molecule has 11 heavy (non-hydrogen) atoms. The van der Waals surface area contributed by atoms with Crippen LogP contribution in [-0.2, 0) is 0 Å². The molecule has 1 fully saturated rings. The molecule has 0 amide bonds. The fraction of sp³-hybridized carbons (Fsp3) is 1.00. The Morgan fingerprint density at radius 3 is 2.55 bits per heavy atom. The molecule has 0 aromatic heterocycles. The maximum atomic E-state index is 12.4. The molecular formula is C8H19FN2. The SMILES string of the molecule is CC.CNCC1CC(F)CN1. The maximum Gasteiger partial charge on any atom is 0.114 e. The Morgan fingerprint density at radius 1 is 1.55 bits per heavy atom. The van der Waals surface area contributed by atoms with Crippen molar-refractivity contribution in [1.82, 2.24) is 10.6 Å². The van der Waals surface area contributed by atoms with Gasteiger partial charge in [0.15, 0.2) is 0 Å². The molecule has 1 saturated heterocycles. The average molecular weight is 162 g/mol. The fourth-order valence-electron chi connectivity index (χ4n) is 1.17. The van der Waals surface area contributed by atoms with Gasteiger partial charge in [0.05, 0.1) is 0 Å². The first-order valence-corrected chi connectivity index (χ1v) is 4.35. The second-order valence-electron chi connectivity index (χ2n) is 2.50. The average Bonchev–Trinajstić information content (AvgIpc) is 2.41. The van der Waals surface area contributed by atoms with E-state index >= 15 is 0 Å². The van der Waals surface area contributed by atoms with Crippen molar-refractivity contribution < 1.29 is 4.39 Å². The van der Waals surface area contributed by atoms with Gasteiger partial charge in [-0.3, -0.25) is 0 Å². The number of alkyl halides is 1. The summed E-state index contributed by atoms with van der Waals surface area (Å²) in [6.07, 6.45) is 0.0456. The smallest absolute Gasteiger partial charge is 0.114 e. The van der Waals surface area contributed by atoms with E-state index in [1.54, 1.807) is 0 Å². The van der Waals surface area contributed by atoms with E-state index in [1.807, 2.05) is 20.9 Å². The summed E-state index contributed by atoms with van der Waals surface area (Å²) in [7, 11) is 1.88. The Labute approximate surface area is 68.6 Å². The van der Waals surface area contributed by atoms with Crippen molar-refractivity contribution in [2.24, 2.45) is 0 Å². The van der Waals surface area contributed by atoms with Crippen LogP contribution in [0.3, 0.4) is 0 Å². The molecule has 3 heteroatoms. The second kappa shape index (κ2) is 6.55. The van der Waals surface area contributed by atoms with Crippen LogP contribution < -0.4 is 10.6 Å². The summed E-state index contributed by atoms with van der Waals surface area (Å²) in [6, 6.07) is 0.352. The minimum atomic E-state index is -0.622. The molecule has 0 aliphatic carbocycles. The first kappa shape index (κ1) is 10.8. The van der Waals surface area contributed by atoms with Gasteiger partial charge in [0, 0.05) is 19.1 Å². The lowest BCUT2D eigenvalue weighted by Crippen LogP contribution is -2.31. The Hall–Kier alpha value is -0.150. The Bertz CT molecular complexity index is 86.2. The first-order valence-electron chi connectivity index (χ1n) is 4.35. The van der Waals surface area contributed by atoms with Gasteiger partial charge < -0.3 is 10.6 Å². The summed E-state index contributed by atoms with van der Waals surface area (Å²) in [4.78, 5) is 0. The van der Waals surface area contributed by atoms with Crippen LogP contribution in [0.5, 0.6) is 0 Å². The van der Waals surface area contributed by atoms with Crippen LogP contribution in [0, 0.1) is 0 Å². The molecule has 2 nitrogen and oxygen atoms in total. The van der Waals surface area contributed by atoms with Crippen LogP contribution in [0.2, 0.25) is 0 Å². The molecular weight excluding hydrogens is 143 g/mol. The molecule has 1 aliphatic rings. The molecule has 68 valence electrons. The van der Waals surface area contributed by atoms with Gasteiger partial charge in [-0.2, -0.15) is 0 Å². The standard InChI is InChI=1S/C6H13FN2.C2H6/c1-8-4-6-2-5(7)3-9-6;1-2/h5-6,8-9H,2-4H2,1H3;1-2H3. The van der Waals surface area contributed by atoms with E-state index in [0.717, 1.165) is 6.54 Å². The molecule has 0 spiro atoms. The second-order valence-corrected chi connectivity index (χ2v) is 2.50. The number of nitrogens with one attached hydrogen (secondary N) is 2. The topological polar surface area (TPSA) is 24.1 Å². The molecule has 0 saturated carbocycles. The van der Waals surface area contributed by atoms with Crippen LogP contribution in [0.1, 0.15) is 20.3 Å². The minimum Gasteiger partial charge on any atom is -0.318 e. The lowest BCUT2D eigenvalue weighted by molar-refractivity contribution is 0.354. The minimum absolute atomic E-state index is 0.352. The zero-order valence-electron chi connectivity index (χ0n) is 7.65. The summed E-state index contributed by atoms with van der Waals surface area (Å²) in [5.41, 5.74) is 0. The van der Waals surface area contributed by atoms with Gasteiger partial charge in [0.1, 0.15) is 6.17 Å². The van der Waals surface area contributed by atoms with Gasteiger partial charge in [0.25, 0.3) is 0 Å². The lowest BCUT2D eigenvalue weighted by Gasteiger charge is -2.06. The molecule has 2 unspecified atom stereocenters. The first-order chi connectivity index (χ1) is 5.33. The van der Waals surface area contributed by atoms with Crippen molar-refractivity contribution in [2.75, 3.05) is 20.1 Å². The fourth-order valence-corrected chi connectivity index (χ4v) is 1.17. The molecule has 1 aliphatic heterocycles. The highest BCUT2D eigenvalue weighted by molar-refractivity contribution is 4.82. The molecule has 2 atom stereocenters. The van der Waals surface area contributed by atoms with Crippen molar-refractivity contribution in [3.05, 3.63) is 0 Å². The summed E-state index contributed by atoms with van der Waals surface area (Å²) in [6.45, 7) is 5.41. The Morgan fingerprint density at radius 2 is 2.18 bits per heavy atom. The van der Waals surface area contributed by atoms with Crippen molar-refractivity contribution in [2.45, 2.75) is 32.5 Å². The molecule has 0 aromatic rings. The number of likely N-dealkylation sites (N-methyl/N-ethyl adjacent to an activating group) is 1. The van der Waals surface area contributed by atoms with Gasteiger partial charge in [0.2, 0.25) is 0 Å². The quantitative estimate of drug-likeness (QED) is 0.631. The van der Waals surface area contributed by atoms with E-state index in [1.165, 1.54) is 0 Å². The monoisotopic (exact) mass is 162 g/mol. The van der Waals surface area contributed by atoms with Gasteiger partial charge in [-0.05, 0) is 13.5 Å². The zero-order valence-corrected chi connectivity index (χ0v) is 7.65. The zero-order chi connectivity index (χ0) is 8.69.